The molecule has 4 aromatic rings. The molecular weight excluding hydrogens is 505 g/mol. The second-order valence-electron chi connectivity index (χ2n) is 8.02. The van der Waals surface area contributed by atoms with Gasteiger partial charge in [-0.05, 0) is 24.6 Å². The Kier molecular flexibility index (Phi) is 5.80. The Labute approximate surface area is 205 Å². The van der Waals surface area contributed by atoms with E-state index in [2.05, 4.69) is 14.7 Å². The normalized spacial score (nSPS) is 15.8. The molecule has 2 heterocycles. The van der Waals surface area contributed by atoms with Crippen LogP contribution in [0.4, 0.5) is 13.2 Å². The maximum absolute atomic E-state index is 13.1. The van der Waals surface area contributed by atoms with E-state index in [1.807, 2.05) is 0 Å². The van der Waals surface area contributed by atoms with Gasteiger partial charge in [0.15, 0.2) is 5.78 Å². The van der Waals surface area contributed by atoms with E-state index in [0.717, 1.165) is 0 Å². The minimum absolute atomic E-state index is 0.0892. The van der Waals surface area contributed by atoms with Gasteiger partial charge < -0.3 is 14.5 Å². The molecule has 0 fully saturated rings. The third-order valence-electron chi connectivity index (χ3n) is 5.77. The number of ether oxygens (including phenoxy) is 2. The molecule has 0 bridgehead atoms. The van der Waals surface area contributed by atoms with Crippen LogP contribution in [0.1, 0.15) is 34.1 Å². The lowest BCUT2D eigenvalue weighted by Crippen LogP contribution is -2.27. The molecule has 1 unspecified atom stereocenters. The van der Waals surface area contributed by atoms with Gasteiger partial charge in [0.2, 0.25) is 5.43 Å². The largest absolute Gasteiger partial charge is 0.573 e. The summed E-state index contributed by atoms with van der Waals surface area (Å²) in [6.07, 6.45) is -4.33. The van der Waals surface area contributed by atoms with E-state index in [1.54, 1.807) is 17.5 Å². The lowest BCUT2D eigenvalue weighted by Gasteiger charge is -2.22. The fourth-order valence-electron chi connectivity index (χ4n) is 4.23. The first kappa shape index (κ1) is 23.4. The smallest absolute Gasteiger partial charge is 0.495 e. The minimum Gasteiger partial charge on any atom is -0.495 e. The number of ketones is 1. The predicted octanol–water partition coefficient (Wildman–Crippen LogP) is 6.12. The quantitative estimate of drug-likeness (QED) is 0.350. The van der Waals surface area contributed by atoms with Crippen molar-refractivity contribution in [2.75, 3.05) is 7.11 Å². The maximum Gasteiger partial charge on any atom is 0.573 e. The number of fused-ring (bicyclic) bond motifs is 2. The zero-order chi connectivity index (χ0) is 24.9. The van der Waals surface area contributed by atoms with Crippen molar-refractivity contribution in [1.82, 2.24) is 9.97 Å². The number of alkyl halides is 3. The van der Waals surface area contributed by atoms with Gasteiger partial charge in [-0.2, -0.15) is 0 Å². The monoisotopic (exact) mass is 520 g/mol. The molecule has 2 aromatic heterocycles. The third-order valence-corrected chi connectivity index (χ3v) is 6.97. The number of nitrogens with one attached hydrogen (secondary N) is 1. The highest BCUT2D eigenvalue weighted by atomic mass is 35.5. The molecule has 1 N–H and O–H groups in total. The summed E-state index contributed by atoms with van der Waals surface area (Å²) in [7, 11) is 1.47. The summed E-state index contributed by atoms with van der Waals surface area (Å²) in [6, 6.07) is 8.66. The highest BCUT2D eigenvalue weighted by molar-refractivity contribution is 7.13. The molecule has 0 aliphatic heterocycles. The minimum atomic E-state index is -4.79. The summed E-state index contributed by atoms with van der Waals surface area (Å²) in [5, 5.41) is 2.85. The number of halogens is 4. The van der Waals surface area contributed by atoms with Gasteiger partial charge in [0, 0.05) is 40.4 Å². The Hall–Kier alpha value is -3.37. The highest BCUT2D eigenvalue weighted by Gasteiger charge is 2.32. The summed E-state index contributed by atoms with van der Waals surface area (Å²) in [4.78, 5) is 33.8. The number of aromatic nitrogens is 2. The average molecular weight is 521 g/mol. The third kappa shape index (κ3) is 4.51. The van der Waals surface area contributed by atoms with Crippen molar-refractivity contribution in [2.45, 2.75) is 25.1 Å². The molecule has 1 aliphatic rings. The molecule has 1 aliphatic carbocycles. The topological polar surface area (TPSA) is 81.3 Å². The standard InChI is InChI=1S/C24H16ClF3N2O4S/c1-33-20-9-16-14(8-15(20)25)22(32)21-17(29-16)6-12(7-19(21)31)18-10-35-23(30-18)11-3-2-4-13(5-11)34-24(26,27)28/h2-5,8-10,12H,6-7H2,1H3,(H,29,32). The molecule has 0 spiro atoms. The summed E-state index contributed by atoms with van der Waals surface area (Å²) < 4.78 is 46.9. The molecule has 6 nitrogen and oxygen atoms in total. The predicted molar refractivity (Wildman–Crippen MR) is 126 cm³/mol. The van der Waals surface area contributed by atoms with Crippen LogP contribution in [0.15, 0.2) is 46.6 Å². The fourth-order valence-corrected chi connectivity index (χ4v) is 5.37. The number of thiazole rings is 1. The first-order chi connectivity index (χ1) is 16.6. The Bertz CT molecular complexity index is 1530. The van der Waals surface area contributed by atoms with Crippen LogP contribution in [0.3, 0.4) is 0 Å². The number of carbonyl (C=O) groups excluding carboxylic acids is 1. The van der Waals surface area contributed by atoms with Gasteiger partial charge in [-0.1, -0.05) is 23.7 Å². The Balaban J connectivity index is 1.47. The van der Waals surface area contributed by atoms with Crippen LogP contribution in [0.5, 0.6) is 11.5 Å². The summed E-state index contributed by atoms with van der Waals surface area (Å²) in [5.74, 6) is -0.541. The first-order valence-electron chi connectivity index (χ1n) is 10.4. The van der Waals surface area contributed by atoms with Crippen molar-refractivity contribution in [1.29, 1.82) is 0 Å². The second-order valence-corrected chi connectivity index (χ2v) is 9.29. The molecule has 0 amide bonds. The highest BCUT2D eigenvalue weighted by Crippen LogP contribution is 2.36. The van der Waals surface area contributed by atoms with Crippen LogP contribution in [0.2, 0.25) is 5.02 Å². The number of rotatable bonds is 4. The zero-order valence-electron chi connectivity index (χ0n) is 18.0. The fraction of sp³-hybridized carbons (Fsp3) is 0.208. The number of methoxy groups -OCH3 is 1. The SMILES string of the molecule is COc1cc2[nH]c3c(c(=O)c2cc1Cl)C(=O)CC(c1csc(-c2cccc(OC(F)(F)F)c2)n1)C3. The molecule has 11 heteroatoms. The van der Waals surface area contributed by atoms with Gasteiger partial charge in [0.05, 0.1) is 28.9 Å². The molecule has 5 rings (SSSR count). The van der Waals surface area contributed by atoms with Crippen LogP contribution >= 0.6 is 22.9 Å². The van der Waals surface area contributed by atoms with E-state index in [0.29, 0.717) is 45.0 Å². The first-order valence-corrected chi connectivity index (χ1v) is 11.7. The summed E-state index contributed by atoms with van der Waals surface area (Å²) in [6.45, 7) is 0. The Morgan fingerprint density at radius 1 is 1.17 bits per heavy atom. The molecule has 0 radical (unpaired) electrons. The van der Waals surface area contributed by atoms with Crippen LogP contribution in [0, 0.1) is 0 Å². The molecule has 180 valence electrons. The Morgan fingerprint density at radius 2 is 1.97 bits per heavy atom. The number of nitrogens with zero attached hydrogens (tertiary/aromatic N) is 1. The van der Waals surface area contributed by atoms with Crippen molar-refractivity contribution in [3.8, 4) is 22.1 Å². The molecule has 0 saturated heterocycles. The molecule has 2 aromatic carbocycles. The van der Waals surface area contributed by atoms with E-state index >= 15 is 0 Å². The van der Waals surface area contributed by atoms with Crippen LogP contribution < -0.4 is 14.9 Å². The van der Waals surface area contributed by atoms with Gasteiger partial charge in [-0.15, -0.1) is 24.5 Å². The molecule has 0 saturated carbocycles. The number of carbonyl (C=O) groups is 1. The van der Waals surface area contributed by atoms with Crippen molar-refractivity contribution in [2.24, 2.45) is 0 Å². The molecular formula is C24H16ClF3N2O4S. The lowest BCUT2D eigenvalue weighted by molar-refractivity contribution is -0.274. The van der Waals surface area contributed by atoms with E-state index in [-0.39, 0.29) is 39.9 Å². The molecule has 35 heavy (non-hydrogen) atoms. The van der Waals surface area contributed by atoms with Gasteiger partial charge >= 0.3 is 6.36 Å². The number of hydrogen-bond acceptors (Lipinski definition) is 6. The van der Waals surface area contributed by atoms with E-state index in [4.69, 9.17) is 16.3 Å². The van der Waals surface area contributed by atoms with E-state index in [9.17, 15) is 22.8 Å². The van der Waals surface area contributed by atoms with E-state index in [1.165, 1.54) is 42.7 Å². The van der Waals surface area contributed by atoms with Gasteiger partial charge in [-0.3, -0.25) is 9.59 Å². The number of pyridine rings is 1. The van der Waals surface area contributed by atoms with Crippen molar-refractivity contribution < 1.29 is 27.4 Å². The van der Waals surface area contributed by atoms with Crippen LogP contribution in [0.25, 0.3) is 21.5 Å². The molecule has 1 atom stereocenters. The van der Waals surface area contributed by atoms with Crippen LogP contribution in [-0.4, -0.2) is 29.2 Å². The van der Waals surface area contributed by atoms with Crippen molar-refractivity contribution in [3.05, 3.63) is 74.0 Å². The van der Waals surface area contributed by atoms with Gasteiger partial charge in [-0.25, -0.2) is 4.98 Å². The summed E-state index contributed by atoms with van der Waals surface area (Å²) >= 11 is 7.41. The number of hydrogen-bond donors (Lipinski definition) is 1. The maximum atomic E-state index is 13.1. The van der Waals surface area contributed by atoms with Gasteiger partial charge in [0.25, 0.3) is 0 Å². The summed E-state index contributed by atoms with van der Waals surface area (Å²) in [5.41, 5.74) is 1.83. The van der Waals surface area contributed by atoms with Crippen molar-refractivity contribution >= 4 is 39.6 Å². The second kappa shape index (κ2) is 8.69. The lowest BCUT2D eigenvalue weighted by atomic mass is 9.83. The number of Topliss-reactive ketones (excluding diaryl/α,β-unsaturated/α-hetero) is 1. The van der Waals surface area contributed by atoms with Gasteiger partial charge in [0.1, 0.15) is 16.5 Å². The number of benzene rings is 2. The zero-order valence-corrected chi connectivity index (χ0v) is 19.6. The number of H-pyrrole nitrogens is 1. The van der Waals surface area contributed by atoms with E-state index < -0.39 is 6.36 Å². The Morgan fingerprint density at radius 3 is 2.71 bits per heavy atom. The number of aromatic amines is 1. The van der Waals surface area contributed by atoms with Crippen molar-refractivity contribution in [3.63, 3.8) is 0 Å². The average Bonchev–Trinajstić information content (AvgIpc) is 3.28. The van der Waals surface area contributed by atoms with Crippen LogP contribution in [-0.2, 0) is 6.42 Å².